The minimum Gasteiger partial charge on any atom is -0.326 e. The van der Waals surface area contributed by atoms with Crippen LogP contribution in [0.4, 0.5) is 5.69 Å². The van der Waals surface area contributed by atoms with Gasteiger partial charge in [0.2, 0.25) is 15.9 Å². The lowest BCUT2D eigenvalue weighted by molar-refractivity contribution is -0.120. The van der Waals surface area contributed by atoms with Gasteiger partial charge in [0, 0.05) is 30.3 Å². The number of sulfonamides is 1. The van der Waals surface area contributed by atoms with Crippen molar-refractivity contribution in [3.05, 3.63) is 58.7 Å². The number of ketones is 1. The maximum absolute atomic E-state index is 13.2. The van der Waals surface area contributed by atoms with Crippen molar-refractivity contribution in [1.29, 1.82) is 0 Å². The summed E-state index contributed by atoms with van der Waals surface area (Å²) in [5.74, 6) is -0.394. The van der Waals surface area contributed by atoms with Gasteiger partial charge in [-0.15, -0.1) is 0 Å². The maximum atomic E-state index is 13.2. The van der Waals surface area contributed by atoms with Crippen LogP contribution in [0.3, 0.4) is 0 Å². The summed E-state index contributed by atoms with van der Waals surface area (Å²) in [4.78, 5) is 24.3. The van der Waals surface area contributed by atoms with E-state index in [1.807, 2.05) is 32.9 Å². The molecule has 0 atom stereocenters. The summed E-state index contributed by atoms with van der Waals surface area (Å²) in [6.45, 7) is 7.73. The van der Waals surface area contributed by atoms with Crippen molar-refractivity contribution in [2.24, 2.45) is 5.92 Å². The summed E-state index contributed by atoms with van der Waals surface area (Å²) in [7, 11) is -3.59. The Balaban J connectivity index is 1.65. The Morgan fingerprint density at radius 1 is 0.967 bits per heavy atom. The SMILES string of the molecule is CC(=O)c1ccc(NC(=O)C2CCN(S(=O)(=O)c3c(C)cc(C)cc3C)CC2)cc1. The molecule has 0 aliphatic carbocycles. The molecule has 30 heavy (non-hydrogen) atoms. The van der Waals surface area contributed by atoms with Crippen LogP contribution >= 0.6 is 0 Å². The van der Waals surface area contributed by atoms with Gasteiger partial charge in [-0.2, -0.15) is 4.31 Å². The number of carbonyl (C=O) groups excluding carboxylic acids is 2. The van der Waals surface area contributed by atoms with Crippen LogP contribution in [0.1, 0.15) is 46.8 Å². The van der Waals surface area contributed by atoms with Gasteiger partial charge in [0.1, 0.15) is 0 Å². The van der Waals surface area contributed by atoms with Gasteiger partial charge in [-0.3, -0.25) is 9.59 Å². The lowest BCUT2D eigenvalue weighted by Crippen LogP contribution is -2.41. The topological polar surface area (TPSA) is 83.6 Å². The molecular formula is C23H28N2O4S. The van der Waals surface area contributed by atoms with Crippen LogP contribution in [0.5, 0.6) is 0 Å². The third-order valence-electron chi connectivity index (χ3n) is 5.59. The molecule has 1 heterocycles. The summed E-state index contributed by atoms with van der Waals surface area (Å²) >= 11 is 0. The van der Waals surface area contributed by atoms with E-state index in [1.54, 1.807) is 24.3 Å². The van der Waals surface area contributed by atoms with Crippen molar-refractivity contribution >= 4 is 27.4 Å². The van der Waals surface area contributed by atoms with E-state index in [2.05, 4.69) is 5.32 Å². The molecule has 7 heteroatoms. The Morgan fingerprint density at radius 2 is 1.50 bits per heavy atom. The second-order valence-electron chi connectivity index (χ2n) is 8.03. The fourth-order valence-electron chi connectivity index (χ4n) is 4.09. The number of hydrogen-bond donors (Lipinski definition) is 1. The normalized spacial score (nSPS) is 15.7. The highest BCUT2D eigenvalue weighted by atomic mass is 32.2. The van der Waals surface area contributed by atoms with Crippen molar-refractivity contribution in [3.8, 4) is 0 Å². The monoisotopic (exact) mass is 428 g/mol. The molecule has 3 rings (SSSR count). The molecule has 1 amide bonds. The fourth-order valence-corrected chi connectivity index (χ4v) is 5.98. The first-order valence-corrected chi connectivity index (χ1v) is 11.5. The summed E-state index contributed by atoms with van der Waals surface area (Å²) in [6, 6.07) is 10.5. The number of rotatable bonds is 5. The van der Waals surface area contributed by atoms with E-state index in [-0.39, 0.29) is 17.6 Å². The largest absolute Gasteiger partial charge is 0.326 e. The van der Waals surface area contributed by atoms with Crippen LogP contribution < -0.4 is 5.32 Å². The first-order chi connectivity index (χ1) is 14.1. The highest BCUT2D eigenvalue weighted by Crippen LogP contribution is 2.29. The third kappa shape index (κ3) is 4.63. The number of amides is 1. The van der Waals surface area contributed by atoms with Crippen molar-refractivity contribution < 1.29 is 18.0 Å². The molecule has 0 radical (unpaired) electrons. The number of piperidine rings is 1. The zero-order valence-corrected chi connectivity index (χ0v) is 18.7. The minimum atomic E-state index is -3.59. The second kappa shape index (κ2) is 8.70. The number of anilines is 1. The Morgan fingerprint density at radius 3 is 2.00 bits per heavy atom. The van der Waals surface area contributed by atoms with Gasteiger partial charge in [-0.1, -0.05) is 17.7 Å². The standard InChI is InChI=1S/C23H28N2O4S/c1-15-13-16(2)22(17(3)14-15)30(28,29)25-11-9-20(10-12-25)23(27)24-21-7-5-19(6-8-21)18(4)26/h5-8,13-14,20H,9-12H2,1-4H3,(H,24,27). The number of hydrogen-bond acceptors (Lipinski definition) is 4. The zero-order chi connectivity index (χ0) is 22.1. The maximum Gasteiger partial charge on any atom is 0.243 e. The molecule has 2 aromatic carbocycles. The van der Waals surface area contributed by atoms with Gasteiger partial charge >= 0.3 is 0 Å². The van der Waals surface area contributed by atoms with E-state index in [4.69, 9.17) is 0 Å². The highest BCUT2D eigenvalue weighted by Gasteiger charge is 2.33. The first kappa shape index (κ1) is 22.2. The molecular weight excluding hydrogens is 400 g/mol. The Bertz CT molecular complexity index is 1040. The van der Waals surface area contributed by atoms with Gasteiger partial charge in [0.05, 0.1) is 4.90 Å². The van der Waals surface area contributed by atoms with Gasteiger partial charge < -0.3 is 5.32 Å². The number of Topliss-reactive ketones (excluding diaryl/α,β-unsaturated/α-hetero) is 1. The molecule has 160 valence electrons. The van der Waals surface area contributed by atoms with E-state index in [0.717, 1.165) is 16.7 Å². The lowest BCUT2D eigenvalue weighted by atomic mass is 9.97. The first-order valence-electron chi connectivity index (χ1n) is 10.1. The Hall–Kier alpha value is -2.51. The predicted molar refractivity (Wildman–Crippen MR) is 117 cm³/mol. The number of nitrogens with one attached hydrogen (secondary N) is 1. The van der Waals surface area contributed by atoms with E-state index in [9.17, 15) is 18.0 Å². The van der Waals surface area contributed by atoms with Gasteiger partial charge in [0.25, 0.3) is 0 Å². The number of carbonyl (C=O) groups is 2. The molecule has 0 aromatic heterocycles. The predicted octanol–water partition coefficient (Wildman–Crippen LogP) is 3.85. The molecule has 1 aliphatic heterocycles. The van der Waals surface area contributed by atoms with Gasteiger partial charge in [0.15, 0.2) is 5.78 Å². The number of aryl methyl sites for hydroxylation is 3. The number of benzene rings is 2. The molecule has 0 spiro atoms. The highest BCUT2D eigenvalue weighted by molar-refractivity contribution is 7.89. The molecule has 1 saturated heterocycles. The molecule has 1 N–H and O–H groups in total. The van der Waals surface area contributed by atoms with E-state index >= 15 is 0 Å². The van der Waals surface area contributed by atoms with Gasteiger partial charge in [-0.05, 0) is 75.9 Å². The van der Waals surface area contributed by atoms with E-state index in [0.29, 0.717) is 42.1 Å². The van der Waals surface area contributed by atoms with E-state index < -0.39 is 10.0 Å². The Labute approximate surface area is 178 Å². The summed E-state index contributed by atoms with van der Waals surface area (Å²) in [5, 5.41) is 2.87. The summed E-state index contributed by atoms with van der Waals surface area (Å²) < 4.78 is 27.9. The van der Waals surface area contributed by atoms with Crippen molar-refractivity contribution in [3.63, 3.8) is 0 Å². The molecule has 2 aromatic rings. The molecule has 6 nitrogen and oxygen atoms in total. The van der Waals surface area contributed by atoms with Crippen molar-refractivity contribution in [1.82, 2.24) is 4.31 Å². The number of nitrogens with zero attached hydrogens (tertiary/aromatic N) is 1. The van der Waals surface area contributed by atoms with E-state index in [1.165, 1.54) is 11.2 Å². The Kier molecular flexibility index (Phi) is 6.43. The molecule has 1 aliphatic rings. The quantitative estimate of drug-likeness (QED) is 0.733. The lowest BCUT2D eigenvalue weighted by Gasteiger charge is -2.31. The molecule has 1 fully saturated rings. The summed E-state index contributed by atoms with van der Waals surface area (Å²) in [6.07, 6.45) is 0.946. The van der Waals surface area contributed by atoms with Crippen LogP contribution in [0.25, 0.3) is 0 Å². The smallest absolute Gasteiger partial charge is 0.243 e. The summed E-state index contributed by atoms with van der Waals surface area (Å²) in [5.41, 5.74) is 3.76. The second-order valence-corrected chi connectivity index (χ2v) is 9.90. The van der Waals surface area contributed by atoms with Crippen LogP contribution in [0, 0.1) is 26.7 Å². The zero-order valence-electron chi connectivity index (χ0n) is 17.9. The van der Waals surface area contributed by atoms with Crippen molar-refractivity contribution in [2.75, 3.05) is 18.4 Å². The average Bonchev–Trinajstić information content (AvgIpc) is 2.67. The minimum absolute atomic E-state index is 0.0273. The fraction of sp³-hybridized carbons (Fsp3) is 0.391. The van der Waals surface area contributed by atoms with Crippen LogP contribution in [0.15, 0.2) is 41.3 Å². The molecule has 0 saturated carbocycles. The third-order valence-corrected chi connectivity index (χ3v) is 7.79. The van der Waals surface area contributed by atoms with Crippen LogP contribution in [0.2, 0.25) is 0 Å². The average molecular weight is 429 g/mol. The molecule has 0 bridgehead atoms. The molecule has 0 unspecified atom stereocenters. The van der Waals surface area contributed by atoms with Crippen molar-refractivity contribution in [2.45, 2.75) is 45.4 Å². The van der Waals surface area contributed by atoms with Crippen LogP contribution in [-0.2, 0) is 14.8 Å². The van der Waals surface area contributed by atoms with Gasteiger partial charge in [-0.25, -0.2) is 8.42 Å². The van der Waals surface area contributed by atoms with Crippen LogP contribution in [-0.4, -0.2) is 37.5 Å².